The van der Waals surface area contributed by atoms with Gasteiger partial charge in [-0.2, -0.15) is 0 Å². The molecule has 1 saturated carbocycles. The third-order valence-corrected chi connectivity index (χ3v) is 4.68. The van der Waals surface area contributed by atoms with Crippen LogP contribution in [0.25, 0.3) is 0 Å². The lowest BCUT2D eigenvalue weighted by Crippen LogP contribution is -2.30. The van der Waals surface area contributed by atoms with Crippen LogP contribution in [0.5, 0.6) is 0 Å². The van der Waals surface area contributed by atoms with Gasteiger partial charge in [-0.05, 0) is 43.9 Å². The molecule has 1 rings (SSSR count). The minimum absolute atomic E-state index is 0.357. The molecule has 0 saturated heterocycles. The normalized spacial score (nSPS) is 29.6. The van der Waals surface area contributed by atoms with E-state index in [1.807, 2.05) is 0 Å². The summed E-state index contributed by atoms with van der Waals surface area (Å²) in [5, 5.41) is 0. The first kappa shape index (κ1) is 14.7. The molecule has 1 fully saturated rings. The van der Waals surface area contributed by atoms with Crippen LogP contribution >= 0.6 is 0 Å². The molecule has 0 heterocycles. The van der Waals surface area contributed by atoms with Gasteiger partial charge in [0.25, 0.3) is 0 Å². The Bertz CT molecular complexity index is 228. The molecule has 3 atom stereocenters. The first-order valence-electron chi connectivity index (χ1n) is 7.63. The van der Waals surface area contributed by atoms with Gasteiger partial charge in [0.2, 0.25) is 0 Å². The zero-order valence-corrected chi connectivity index (χ0v) is 12.2. The van der Waals surface area contributed by atoms with E-state index in [1.54, 1.807) is 0 Å². The van der Waals surface area contributed by atoms with Crippen molar-refractivity contribution in [2.24, 2.45) is 23.7 Å². The van der Waals surface area contributed by atoms with Crippen molar-refractivity contribution in [3.63, 3.8) is 0 Å². The number of ketones is 1. The van der Waals surface area contributed by atoms with Crippen LogP contribution in [-0.4, -0.2) is 5.78 Å². The summed E-state index contributed by atoms with van der Waals surface area (Å²) in [6.45, 7) is 9.04. The summed E-state index contributed by atoms with van der Waals surface area (Å²) in [6, 6.07) is 0. The van der Waals surface area contributed by atoms with Gasteiger partial charge in [0.1, 0.15) is 5.78 Å². The molecule has 0 aliphatic heterocycles. The van der Waals surface area contributed by atoms with Gasteiger partial charge in [-0.15, -0.1) is 0 Å². The van der Waals surface area contributed by atoms with Crippen molar-refractivity contribution in [3.05, 3.63) is 0 Å². The van der Waals surface area contributed by atoms with Crippen LogP contribution in [0.3, 0.4) is 0 Å². The molecule has 0 bridgehead atoms. The fourth-order valence-electron chi connectivity index (χ4n) is 3.27. The number of Topliss-reactive ketones (excluding diaryl/α,β-unsaturated/α-hetero) is 1. The van der Waals surface area contributed by atoms with Crippen LogP contribution in [0.1, 0.15) is 72.6 Å². The van der Waals surface area contributed by atoms with Crippen molar-refractivity contribution in [3.8, 4) is 0 Å². The second kappa shape index (κ2) is 7.18. The Morgan fingerprint density at radius 2 is 1.65 bits per heavy atom. The molecule has 0 N–H and O–H groups in total. The lowest BCUT2D eigenvalue weighted by atomic mass is 9.71. The smallest absolute Gasteiger partial charge is 0.139 e. The maximum atomic E-state index is 12.5. The number of carbonyl (C=O) groups excluding carboxylic acids is 1. The van der Waals surface area contributed by atoms with Crippen molar-refractivity contribution in [1.82, 2.24) is 0 Å². The van der Waals surface area contributed by atoms with Gasteiger partial charge in [0, 0.05) is 11.8 Å². The summed E-state index contributed by atoms with van der Waals surface area (Å²) in [5.41, 5.74) is 0. The Morgan fingerprint density at radius 3 is 2.12 bits per heavy atom. The van der Waals surface area contributed by atoms with E-state index >= 15 is 0 Å². The van der Waals surface area contributed by atoms with E-state index in [1.165, 1.54) is 6.42 Å². The Morgan fingerprint density at radius 1 is 1.06 bits per heavy atom. The molecule has 0 amide bonds. The molecule has 100 valence electrons. The molecule has 0 radical (unpaired) electrons. The van der Waals surface area contributed by atoms with Gasteiger partial charge in [-0.3, -0.25) is 4.79 Å². The third kappa shape index (κ3) is 4.12. The molecular weight excluding hydrogens is 208 g/mol. The van der Waals surface area contributed by atoms with Crippen molar-refractivity contribution < 1.29 is 4.79 Å². The molecule has 1 heteroatoms. The minimum atomic E-state index is 0.357. The monoisotopic (exact) mass is 238 g/mol. The standard InChI is InChI=1S/C16H30O/c1-5-7-14(8-6-2)16(17)15-10-9-12(3)13(4)11-15/h12-15H,5-11H2,1-4H3. The number of carbonyl (C=O) groups is 1. The van der Waals surface area contributed by atoms with E-state index < -0.39 is 0 Å². The highest BCUT2D eigenvalue weighted by molar-refractivity contribution is 5.83. The summed E-state index contributed by atoms with van der Waals surface area (Å²) >= 11 is 0. The average molecular weight is 238 g/mol. The molecule has 1 nitrogen and oxygen atoms in total. The van der Waals surface area contributed by atoms with Gasteiger partial charge in [0.05, 0.1) is 0 Å². The molecular formula is C16H30O. The largest absolute Gasteiger partial charge is 0.299 e. The highest BCUT2D eigenvalue weighted by Gasteiger charge is 2.32. The summed E-state index contributed by atoms with van der Waals surface area (Å²) in [4.78, 5) is 12.5. The third-order valence-electron chi connectivity index (χ3n) is 4.68. The van der Waals surface area contributed by atoms with Crippen molar-refractivity contribution in [2.45, 2.75) is 72.6 Å². The van der Waals surface area contributed by atoms with Crippen molar-refractivity contribution in [1.29, 1.82) is 0 Å². The van der Waals surface area contributed by atoms with Gasteiger partial charge in [-0.25, -0.2) is 0 Å². The molecule has 0 aromatic carbocycles. The number of hydrogen-bond donors (Lipinski definition) is 0. The molecule has 17 heavy (non-hydrogen) atoms. The average Bonchev–Trinajstić information content (AvgIpc) is 2.31. The minimum Gasteiger partial charge on any atom is -0.299 e. The summed E-state index contributed by atoms with van der Waals surface area (Å²) in [7, 11) is 0. The van der Waals surface area contributed by atoms with E-state index in [4.69, 9.17) is 0 Å². The van der Waals surface area contributed by atoms with Crippen LogP contribution in [0.2, 0.25) is 0 Å². The van der Waals surface area contributed by atoms with Gasteiger partial charge >= 0.3 is 0 Å². The van der Waals surface area contributed by atoms with Crippen LogP contribution < -0.4 is 0 Å². The summed E-state index contributed by atoms with van der Waals surface area (Å²) in [6.07, 6.45) is 8.05. The number of rotatable bonds is 6. The van der Waals surface area contributed by atoms with Gasteiger partial charge < -0.3 is 0 Å². The van der Waals surface area contributed by atoms with Crippen LogP contribution in [-0.2, 0) is 4.79 Å². The maximum absolute atomic E-state index is 12.5. The molecule has 0 aromatic heterocycles. The van der Waals surface area contributed by atoms with Crippen LogP contribution in [0.4, 0.5) is 0 Å². The van der Waals surface area contributed by atoms with Gasteiger partial charge in [-0.1, -0.05) is 40.5 Å². The summed E-state index contributed by atoms with van der Waals surface area (Å²) < 4.78 is 0. The Hall–Kier alpha value is -0.330. The fourth-order valence-corrected chi connectivity index (χ4v) is 3.27. The Balaban J connectivity index is 2.55. The molecule has 0 aromatic rings. The molecule has 0 spiro atoms. The first-order valence-corrected chi connectivity index (χ1v) is 7.63. The van der Waals surface area contributed by atoms with Crippen LogP contribution in [0.15, 0.2) is 0 Å². The predicted molar refractivity (Wildman–Crippen MR) is 74.0 cm³/mol. The SMILES string of the molecule is CCCC(CCC)C(=O)C1CCC(C)C(C)C1. The predicted octanol–water partition coefficient (Wildman–Crippen LogP) is 4.84. The lowest BCUT2D eigenvalue weighted by Gasteiger charge is -2.33. The molecule has 1 aliphatic rings. The zero-order chi connectivity index (χ0) is 12.8. The molecule has 3 unspecified atom stereocenters. The zero-order valence-electron chi connectivity index (χ0n) is 12.2. The number of hydrogen-bond acceptors (Lipinski definition) is 1. The van der Waals surface area contributed by atoms with E-state index in [9.17, 15) is 4.79 Å². The Kier molecular flexibility index (Phi) is 6.22. The topological polar surface area (TPSA) is 17.1 Å². The highest BCUT2D eigenvalue weighted by Crippen LogP contribution is 2.36. The van der Waals surface area contributed by atoms with Gasteiger partial charge in [0.15, 0.2) is 0 Å². The summed E-state index contributed by atoms with van der Waals surface area (Å²) in [5.74, 6) is 2.88. The van der Waals surface area contributed by atoms with E-state index in [-0.39, 0.29) is 0 Å². The van der Waals surface area contributed by atoms with E-state index in [0.29, 0.717) is 17.6 Å². The second-order valence-corrected chi connectivity index (χ2v) is 6.14. The first-order chi connectivity index (χ1) is 8.10. The fraction of sp³-hybridized carbons (Fsp3) is 0.938. The van der Waals surface area contributed by atoms with Crippen LogP contribution in [0, 0.1) is 23.7 Å². The molecule has 1 aliphatic carbocycles. The van der Waals surface area contributed by atoms with Crippen molar-refractivity contribution >= 4 is 5.78 Å². The highest BCUT2D eigenvalue weighted by atomic mass is 16.1. The van der Waals surface area contributed by atoms with E-state index in [2.05, 4.69) is 27.7 Å². The Labute approximate surface area is 107 Å². The second-order valence-electron chi connectivity index (χ2n) is 6.14. The lowest BCUT2D eigenvalue weighted by molar-refractivity contribution is -0.129. The van der Waals surface area contributed by atoms with Crippen molar-refractivity contribution in [2.75, 3.05) is 0 Å². The maximum Gasteiger partial charge on any atom is 0.139 e. The quantitative estimate of drug-likeness (QED) is 0.647. The van der Waals surface area contributed by atoms with E-state index in [0.717, 1.165) is 50.4 Å².